The van der Waals surface area contributed by atoms with Crippen LogP contribution in [-0.4, -0.2) is 34.9 Å². The van der Waals surface area contributed by atoms with Gasteiger partial charge in [0.05, 0.1) is 5.69 Å². The van der Waals surface area contributed by atoms with E-state index in [9.17, 15) is 18.0 Å². The molecule has 2 heterocycles. The van der Waals surface area contributed by atoms with Gasteiger partial charge in [0.1, 0.15) is 5.82 Å². The van der Waals surface area contributed by atoms with Gasteiger partial charge in [-0.25, -0.2) is 13.2 Å². The molecule has 2 aromatic carbocycles. The maximum Gasteiger partial charge on any atom is 0.224 e. The number of amides is 1. The Hall–Kier alpha value is -3.16. The molecule has 1 atom stereocenters. The zero-order valence-corrected chi connectivity index (χ0v) is 21.0. The predicted octanol–water partition coefficient (Wildman–Crippen LogP) is 5.64. The molecule has 5 rings (SSSR count). The van der Waals surface area contributed by atoms with Crippen molar-refractivity contribution < 1.29 is 18.0 Å². The Labute approximate surface area is 219 Å². The fourth-order valence-corrected chi connectivity index (χ4v) is 5.53. The molecule has 1 fully saturated rings. The van der Waals surface area contributed by atoms with Crippen molar-refractivity contribution in [1.29, 1.82) is 0 Å². The first-order valence-corrected chi connectivity index (χ1v) is 12.8. The van der Waals surface area contributed by atoms with E-state index in [-0.39, 0.29) is 24.3 Å². The molecular weight excluding hydrogens is 499 g/mol. The van der Waals surface area contributed by atoms with Gasteiger partial charge in [-0.05, 0) is 78.6 Å². The van der Waals surface area contributed by atoms with Gasteiger partial charge in [-0.3, -0.25) is 9.78 Å². The molecule has 1 aliphatic heterocycles. The lowest BCUT2D eigenvalue weighted by molar-refractivity contribution is -0.132. The number of fused-ring (bicyclic) bond motifs is 2. The number of aromatic nitrogens is 1. The van der Waals surface area contributed by atoms with Crippen molar-refractivity contribution in [3.05, 3.63) is 105 Å². The fraction of sp³-hybridized carbons (Fsp3) is 0.310. The Balaban J connectivity index is 1.31. The van der Waals surface area contributed by atoms with E-state index in [0.29, 0.717) is 37.0 Å². The quantitative estimate of drug-likeness (QED) is 0.449. The highest BCUT2D eigenvalue weighted by Gasteiger charge is 2.27. The number of carbonyl (C=O) groups excluding carboxylic acids is 1. The standard InChI is InChI=1S/C29H27ClF3N3O/c30-21-5-6-23-19(12-21)4-3-18-2-1-9-35-29(18)28(23)17-7-10-36(11-8-17)27(37)15-22(34)13-20-14-25(32)26(33)16-24(20)31/h1-2,5-6,9,12,14,16,22H,3-4,7-8,10-11,13,15,34H2/t22-/m1/s1. The molecule has 4 nitrogen and oxygen atoms in total. The van der Waals surface area contributed by atoms with E-state index in [2.05, 4.69) is 12.1 Å². The smallest absolute Gasteiger partial charge is 0.224 e. The predicted molar refractivity (Wildman–Crippen MR) is 138 cm³/mol. The molecule has 0 unspecified atom stereocenters. The van der Waals surface area contributed by atoms with Crippen LogP contribution in [0.1, 0.15) is 47.2 Å². The number of benzene rings is 2. The van der Waals surface area contributed by atoms with Crippen LogP contribution in [0.25, 0.3) is 5.57 Å². The summed E-state index contributed by atoms with van der Waals surface area (Å²) < 4.78 is 40.7. The summed E-state index contributed by atoms with van der Waals surface area (Å²) in [5.41, 5.74) is 13.0. The van der Waals surface area contributed by atoms with Crippen LogP contribution in [0.15, 0.2) is 54.2 Å². The Morgan fingerprint density at radius 3 is 2.49 bits per heavy atom. The SMILES string of the molecule is N[C@@H](CC(=O)N1CCC(=C2c3ccc(Cl)cc3CCc3cccnc32)CC1)Cc1cc(F)c(F)cc1F. The second-order valence-electron chi connectivity index (χ2n) is 9.70. The molecule has 1 amide bonds. The molecule has 1 aliphatic carbocycles. The molecule has 0 saturated carbocycles. The van der Waals surface area contributed by atoms with Crippen molar-refractivity contribution in [1.82, 2.24) is 9.88 Å². The highest BCUT2D eigenvalue weighted by atomic mass is 35.5. The minimum Gasteiger partial charge on any atom is -0.342 e. The third-order valence-electron chi connectivity index (χ3n) is 7.21. The Kier molecular flexibility index (Phi) is 7.36. The van der Waals surface area contributed by atoms with E-state index in [1.54, 1.807) is 4.90 Å². The molecule has 1 saturated heterocycles. The largest absolute Gasteiger partial charge is 0.342 e. The minimum absolute atomic E-state index is 0.00391. The monoisotopic (exact) mass is 525 g/mol. The van der Waals surface area contributed by atoms with E-state index in [0.717, 1.165) is 35.7 Å². The first-order valence-electron chi connectivity index (χ1n) is 12.4. The summed E-state index contributed by atoms with van der Waals surface area (Å²) in [6, 6.07) is 10.7. The van der Waals surface area contributed by atoms with Gasteiger partial charge in [0.25, 0.3) is 0 Å². The van der Waals surface area contributed by atoms with Crippen LogP contribution >= 0.6 is 11.6 Å². The van der Waals surface area contributed by atoms with Crippen LogP contribution in [0.5, 0.6) is 0 Å². The lowest BCUT2D eigenvalue weighted by atomic mass is 9.88. The Morgan fingerprint density at radius 1 is 0.973 bits per heavy atom. The summed E-state index contributed by atoms with van der Waals surface area (Å²) in [5.74, 6) is -3.38. The average Bonchev–Trinajstić information content (AvgIpc) is 3.04. The molecule has 192 valence electrons. The number of carbonyl (C=O) groups is 1. The number of pyridine rings is 1. The molecule has 2 aliphatic rings. The second-order valence-corrected chi connectivity index (χ2v) is 10.1. The van der Waals surface area contributed by atoms with Crippen molar-refractivity contribution in [2.24, 2.45) is 5.73 Å². The number of hydrogen-bond acceptors (Lipinski definition) is 3. The van der Waals surface area contributed by atoms with Crippen molar-refractivity contribution >= 4 is 23.1 Å². The Morgan fingerprint density at radius 2 is 1.70 bits per heavy atom. The van der Waals surface area contributed by atoms with Crippen LogP contribution in [0.2, 0.25) is 5.02 Å². The minimum atomic E-state index is -1.25. The van der Waals surface area contributed by atoms with Gasteiger partial charge in [0.2, 0.25) is 5.91 Å². The van der Waals surface area contributed by atoms with E-state index in [4.69, 9.17) is 22.3 Å². The van der Waals surface area contributed by atoms with Gasteiger partial charge < -0.3 is 10.6 Å². The number of rotatable bonds is 4. The van der Waals surface area contributed by atoms with Crippen molar-refractivity contribution in [3.63, 3.8) is 0 Å². The third-order valence-corrected chi connectivity index (χ3v) is 7.44. The van der Waals surface area contributed by atoms with E-state index in [1.807, 2.05) is 24.4 Å². The van der Waals surface area contributed by atoms with Gasteiger partial charge in [0.15, 0.2) is 11.6 Å². The number of hydrogen-bond donors (Lipinski definition) is 1. The number of aryl methyl sites for hydroxylation is 2. The number of likely N-dealkylation sites (tertiary alicyclic amines) is 1. The Bertz CT molecular complexity index is 1380. The topological polar surface area (TPSA) is 59.2 Å². The average molecular weight is 526 g/mol. The molecule has 37 heavy (non-hydrogen) atoms. The number of piperidine rings is 1. The molecule has 2 N–H and O–H groups in total. The fourth-order valence-electron chi connectivity index (χ4n) is 5.34. The first-order chi connectivity index (χ1) is 17.8. The van der Waals surface area contributed by atoms with E-state index >= 15 is 0 Å². The van der Waals surface area contributed by atoms with Crippen LogP contribution in [0.3, 0.4) is 0 Å². The van der Waals surface area contributed by atoms with Crippen molar-refractivity contribution in [3.8, 4) is 0 Å². The van der Waals surface area contributed by atoms with Crippen LogP contribution < -0.4 is 5.73 Å². The summed E-state index contributed by atoms with van der Waals surface area (Å²) in [6.45, 7) is 1.07. The molecular formula is C29H27ClF3N3O. The summed E-state index contributed by atoms with van der Waals surface area (Å²) in [7, 11) is 0. The first kappa shape index (κ1) is 25.5. The van der Waals surface area contributed by atoms with Crippen LogP contribution in [0, 0.1) is 17.5 Å². The highest BCUT2D eigenvalue weighted by molar-refractivity contribution is 6.30. The lowest BCUT2D eigenvalue weighted by Gasteiger charge is -2.31. The maximum atomic E-state index is 14.0. The molecule has 0 spiro atoms. The summed E-state index contributed by atoms with van der Waals surface area (Å²) in [5, 5.41) is 0.710. The second kappa shape index (κ2) is 10.7. The number of halogens is 4. The van der Waals surface area contributed by atoms with Gasteiger partial charge >= 0.3 is 0 Å². The van der Waals surface area contributed by atoms with Gasteiger partial charge in [0, 0.05) is 48.4 Å². The molecule has 0 bridgehead atoms. The van der Waals surface area contributed by atoms with E-state index in [1.165, 1.54) is 16.7 Å². The summed E-state index contributed by atoms with van der Waals surface area (Å²) in [4.78, 5) is 19.5. The van der Waals surface area contributed by atoms with Gasteiger partial charge in [-0.1, -0.05) is 29.3 Å². The van der Waals surface area contributed by atoms with Gasteiger partial charge in [-0.2, -0.15) is 0 Å². The van der Waals surface area contributed by atoms with Crippen molar-refractivity contribution in [2.75, 3.05) is 13.1 Å². The van der Waals surface area contributed by atoms with Crippen LogP contribution in [-0.2, 0) is 24.1 Å². The molecule has 3 aromatic rings. The van der Waals surface area contributed by atoms with Gasteiger partial charge in [-0.15, -0.1) is 0 Å². The third kappa shape index (κ3) is 5.43. The highest BCUT2D eigenvalue weighted by Crippen LogP contribution is 2.38. The maximum absolute atomic E-state index is 14.0. The number of nitrogens with zero attached hydrogens (tertiary/aromatic N) is 2. The molecule has 0 radical (unpaired) electrons. The zero-order chi connectivity index (χ0) is 26.1. The molecule has 1 aromatic heterocycles. The number of nitrogens with two attached hydrogens (primary N) is 1. The van der Waals surface area contributed by atoms with Crippen molar-refractivity contribution in [2.45, 2.75) is 44.6 Å². The molecule has 8 heteroatoms. The lowest BCUT2D eigenvalue weighted by Crippen LogP contribution is -2.40. The van der Waals surface area contributed by atoms with Crippen LogP contribution in [0.4, 0.5) is 13.2 Å². The summed E-state index contributed by atoms with van der Waals surface area (Å²) >= 11 is 6.30. The normalized spacial score (nSPS) is 16.2. The summed E-state index contributed by atoms with van der Waals surface area (Å²) in [6.07, 6.45) is 4.92. The zero-order valence-electron chi connectivity index (χ0n) is 20.2. The van der Waals surface area contributed by atoms with E-state index < -0.39 is 23.5 Å².